The molecule has 2 rings (SSSR count). The van der Waals surface area contributed by atoms with Crippen LogP contribution in [0.3, 0.4) is 0 Å². The second-order valence-electron chi connectivity index (χ2n) is 6.64. The van der Waals surface area contributed by atoms with Gasteiger partial charge in [0.25, 0.3) is 0 Å². The van der Waals surface area contributed by atoms with Gasteiger partial charge in [0.1, 0.15) is 0 Å². The molecular formula is C15H30N2O. The molecule has 0 aromatic rings. The van der Waals surface area contributed by atoms with Crippen molar-refractivity contribution in [2.45, 2.75) is 70.5 Å². The van der Waals surface area contributed by atoms with Crippen molar-refractivity contribution in [1.29, 1.82) is 0 Å². The Bertz CT molecular complexity index is 276. The zero-order chi connectivity index (χ0) is 13.2. The molecule has 0 aromatic heterocycles. The maximum atomic E-state index is 5.77. The Morgan fingerprint density at radius 1 is 1.33 bits per heavy atom. The first-order valence-corrected chi connectivity index (χ1v) is 7.62. The van der Waals surface area contributed by atoms with Crippen molar-refractivity contribution in [2.75, 3.05) is 26.3 Å². The predicted molar refractivity (Wildman–Crippen MR) is 75.9 cm³/mol. The average molecular weight is 254 g/mol. The molecule has 0 bridgehead atoms. The van der Waals surface area contributed by atoms with E-state index >= 15 is 0 Å². The lowest BCUT2D eigenvalue weighted by atomic mass is 9.84. The monoisotopic (exact) mass is 254 g/mol. The molecule has 3 heteroatoms. The Kier molecular flexibility index (Phi) is 4.35. The number of nitrogens with one attached hydrogen (secondary N) is 1. The van der Waals surface area contributed by atoms with Crippen molar-refractivity contribution >= 4 is 0 Å². The Hall–Kier alpha value is -0.120. The zero-order valence-electron chi connectivity index (χ0n) is 12.6. The third-order valence-electron chi connectivity index (χ3n) is 5.09. The van der Waals surface area contributed by atoms with E-state index in [0.29, 0.717) is 6.04 Å². The summed E-state index contributed by atoms with van der Waals surface area (Å²) in [6, 6.07) is 0.663. The van der Waals surface area contributed by atoms with Gasteiger partial charge in [-0.1, -0.05) is 13.8 Å². The molecule has 0 spiro atoms. The van der Waals surface area contributed by atoms with Gasteiger partial charge in [-0.2, -0.15) is 0 Å². The molecule has 0 aliphatic carbocycles. The molecule has 106 valence electrons. The van der Waals surface area contributed by atoms with E-state index in [1.807, 2.05) is 0 Å². The van der Waals surface area contributed by atoms with E-state index in [4.69, 9.17) is 4.74 Å². The maximum absolute atomic E-state index is 5.77. The number of rotatable bonds is 3. The number of ether oxygens (including phenoxy) is 1. The van der Waals surface area contributed by atoms with Crippen molar-refractivity contribution in [2.24, 2.45) is 0 Å². The van der Waals surface area contributed by atoms with E-state index in [-0.39, 0.29) is 11.1 Å². The van der Waals surface area contributed by atoms with E-state index in [1.165, 1.54) is 25.7 Å². The predicted octanol–water partition coefficient (Wildman–Crippen LogP) is 2.41. The highest BCUT2D eigenvalue weighted by Crippen LogP contribution is 2.33. The molecule has 2 saturated heterocycles. The van der Waals surface area contributed by atoms with Gasteiger partial charge in [0.2, 0.25) is 0 Å². The molecule has 3 nitrogen and oxygen atoms in total. The van der Waals surface area contributed by atoms with Gasteiger partial charge in [0.15, 0.2) is 0 Å². The molecule has 0 amide bonds. The fraction of sp³-hybridized carbons (Fsp3) is 1.00. The smallest absolute Gasteiger partial charge is 0.0647 e. The minimum Gasteiger partial charge on any atom is -0.380 e. The first-order chi connectivity index (χ1) is 8.53. The zero-order valence-corrected chi connectivity index (χ0v) is 12.6. The Morgan fingerprint density at radius 2 is 2.11 bits per heavy atom. The lowest BCUT2D eigenvalue weighted by molar-refractivity contribution is -0.0825. The fourth-order valence-corrected chi connectivity index (χ4v) is 3.41. The van der Waals surface area contributed by atoms with Gasteiger partial charge in [0.05, 0.1) is 6.61 Å². The van der Waals surface area contributed by atoms with Crippen LogP contribution in [0.4, 0.5) is 0 Å². The van der Waals surface area contributed by atoms with Gasteiger partial charge in [-0.3, -0.25) is 4.90 Å². The van der Waals surface area contributed by atoms with E-state index in [2.05, 4.69) is 37.9 Å². The summed E-state index contributed by atoms with van der Waals surface area (Å²) in [5, 5.41) is 3.75. The quantitative estimate of drug-likeness (QED) is 0.837. The highest BCUT2D eigenvalue weighted by Gasteiger charge is 2.43. The van der Waals surface area contributed by atoms with Gasteiger partial charge in [-0.15, -0.1) is 0 Å². The third-order valence-corrected chi connectivity index (χ3v) is 5.09. The van der Waals surface area contributed by atoms with Crippen molar-refractivity contribution in [3.8, 4) is 0 Å². The highest BCUT2D eigenvalue weighted by molar-refractivity contribution is 5.01. The Labute approximate surface area is 112 Å². The molecule has 0 radical (unpaired) electrons. The van der Waals surface area contributed by atoms with E-state index < -0.39 is 0 Å². The molecule has 3 atom stereocenters. The molecule has 0 aromatic carbocycles. The first kappa shape index (κ1) is 14.3. The van der Waals surface area contributed by atoms with Crippen LogP contribution in [0.2, 0.25) is 0 Å². The van der Waals surface area contributed by atoms with Crippen LogP contribution >= 0.6 is 0 Å². The van der Waals surface area contributed by atoms with Crippen LogP contribution in [0.5, 0.6) is 0 Å². The maximum Gasteiger partial charge on any atom is 0.0647 e. The largest absolute Gasteiger partial charge is 0.380 e. The molecule has 3 unspecified atom stereocenters. The molecule has 0 saturated carbocycles. The number of nitrogens with zero attached hydrogens (tertiary/aromatic N) is 1. The fourth-order valence-electron chi connectivity index (χ4n) is 3.41. The van der Waals surface area contributed by atoms with Crippen LogP contribution in [-0.2, 0) is 4.74 Å². The van der Waals surface area contributed by atoms with Crippen LogP contribution in [-0.4, -0.2) is 48.3 Å². The van der Waals surface area contributed by atoms with Gasteiger partial charge >= 0.3 is 0 Å². The summed E-state index contributed by atoms with van der Waals surface area (Å²) in [5.74, 6) is 0. The van der Waals surface area contributed by atoms with E-state index in [1.54, 1.807) is 0 Å². The van der Waals surface area contributed by atoms with Crippen molar-refractivity contribution < 1.29 is 4.74 Å². The van der Waals surface area contributed by atoms with Gasteiger partial charge in [-0.05, 0) is 39.5 Å². The number of hydrogen-bond acceptors (Lipinski definition) is 3. The van der Waals surface area contributed by atoms with Crippen LogP contribution in [0.1, 0.15) is 53.4 Å². The summed E-state index contributed by atoms with van der Waals surface area (Å²) >= 11 is 0. The van der Waals surface area contributed by atoms with Crippen LogP contribution in [0.25, 0.3) is 0 Å². The summed E-state index contributed by atoms with van der Waals surface area (Å²) in [5.41, 5.74) is 0.517. The molecule has 18 heavy (non-hydrogen) atoms. The van der Waals surface area contributed by atoms with Crippen LogP contribution < -0.4 is 5.32 Å². The second kappa shape index (κ2) is 5.48. The van der Waals surface area contributed by atoms with Crippen molar-refractivity contribution in [1.82, 2.24) is 10.2 Å². The number of piperazine rings is 1. The minimum absolute atomic E-state index is 0.247. The molecular weight excluding hydrogens is 224 g/mol. The molecule has 2 aliphatic heterocycles. The average Bonchev–Trinajstić information content (AvgIpc) is 2.40. The molecule has 1 N–H and O–H groups in total. The summed E-state index contributed by atoms with van der Waals surface area (Å²) < 4.78 is 5.77. The standard InChI is InChI=1S/C15H30N2O/c1-5-13-10-16-14(3,6-2)11-17(13)15(4)8-7-9-18-12-15/h13,16H,5-12H2,1-4H3. The highest BCUT2D eigenvalue weighted by atomic mass is 16.5. The van der Waals surface area contributed by atoms with Crippen molar-refractivity contribution in [3.63, 3.8) is 0 Å². The van der Waals surface area contributed by atoms with Crippen molar-refractivity contribution in [3.05, 3.63) is 0 Å². The minimum atomic E-state index is 0.247. The van der Waals surface area contributed by atoms with Gasteiger partial charge in [-0.25, -0.2) is 0 Å². The topological polar surface area (TPSA) is 24.5 Å². The summed E-state index contributed by atoms with van der Waals surface area (Å²) in [4.78, 5) is 2.74. The number of hydrogen-bond donors (Lipinski definition) is 1. The first-order valence-electron chi connectivity index (χ1n) is 7.62. The summed E-state index contributed by atoms with van der Waals surface area (Å²) in [6.07, 6.45) is 4.91. The van der Waals surface area contributed by atoms with E-state index in [0.717, 1.165) is 26.3 Å². The second-order valence-corrected chi connectivity index (χ2v) is 6.64. The molecule has 2 heterocycles. The Balaban J connectivity index is 2.14. The van der Waals surface area contributed by atoms with Crippen LogP contribution in [0.15, 0.2) is 0 Å². The lowest BCUT2D eigenvalue weighted by Crippen LogP contribution is -2.69. The normalized spacial score (nSPS) is 43.0. The molecule has 2 aliphatic rings. The Morgan fingerprint density at radius 3 is 2.67 bits per heavy atom. The SMILES string of the molecule is CCC1CNC(C)(CC)CN1C1(C)CCCOC1. The lowest BCUT2D eigenvalue weighted by Gasteiger charge is -2.54. The van der Waals surface area contributed by atoms with Gasteiger partial charge < -0.3 is 10.1 Å². The van der Waals surface area contributed by atoms with Crippen LogP contribution in [0, 0.1) is 0 Å². The summed E-state index contributed by atoms with van der Waals surface area (Å²) in [6.45, 7) is 13.5. The third kappa shape index (κ3) is 2.73. The summed E-state index contributed by atoms with van der Waals surface area (Å²) in [7, 11) is 0. The molecule has 2 fully saturated rings. The van der Waals surface area contributed by atoms with E-state index in [9.17, 15) is 0 Å². The van der Waals surface area contributed by atoms with Gasteiger partial charge in [0, 0.05) is 36.8 Å².